The molecule has 3 nitrogen and oxygen atoms in total. The third-order valence-electron chi connectivity index (χ3n) is 11.4. The van der Waals surface area contributed by atoms with Crippen LogP contribution in [0.15, 0.2) is 18.2 Å². The van der Waals surface area contributed by atoms with E-state index in [2.05, 4.69) is 33.9 Å². The van der Waals surface area contributed by atoms with Crippen molar-refractivity contribution in [3.05, 3.63) is 29.3 Å². The van der Waals surface area contributed by atoms with E-state index >= 15 is 0 Å². The third-order valence-corrected chi connectivity index (χ3v) is 11.4. The number of phenolic OH excluding ortho intramolecular Hbond substituents is 1. The highest BCUT2D eigenvalue weighted by Gasteiger charge is 2.61. The van der Waals surface area contributed by atoms with Gasteiger partial charge >= 0.3 is 0 Å². The van der Waals surface area contributed by atoms with Crippen LogP contribution in [-0.4, -0.2) is 47.0 Å². The number of aliphatic hydroxyl groups is 1. The molecule has 0 radical (unpaired) electrons. The van der Waals surface area contributed by atoms with E-state index in [0.29, 0.717) is 23.5 Å². The Hall–Kier alpha value is -1.06. The number of hydrogen-bond donors (Lipinski definition) is 2. The summed E-state index contributed by atoms with van der Waals surface area (Å²) in [6, 6.07) is 6.09. The maximum Gasteiger partial charge on any atom is 0.115 e. The molecule has 5 atom stereocenters. The van der Waals surface area contributed by atoms with Gasteiger partial charge in [0.1, 0.15) is 5.75 Å². The minimum absolute atomic E-state index is 0.0637. The molecule has 3 aliphatic rings. The van der Waals surface area contributed by atoms with Crippen molar-refractivity contribution < 1.29 is 14.7 Å². The first kappa shape index (κ1) is 28.9. The van der Waals surface area contributed by atoms with E-state index in [4.69, 9.17) is 0 Å². The van der Waals surface area contributed by atoms with Gasteiger partial charge in [-0.2, -0.15) is 0 Å². The lowest BCUT2D eigenvalue weighted by atomic mass is 9.53. The van der Waals surface area contributed by atoms with Crippen LogP contribution in [-0.2, 0) is 6.42 Å². The van der Waals surface area contributed by atoms with Gasteiger partial charge in [-0.25, -0.2) is 0 Å². The summed E-state index contributed by atoms with van der Waals surface area (Å²) in [6.07, 6.45) is 19.8. The van der Waals surface area contributed by atoms with E-state index in [1.54, 1.807) is 0 Å². The number of nitrogens with zero attached hydrogens (tertiary/aromatic N) is 1. The number of unbranched alkanes of at least 4 members (excludes halogenated alkanes) is 6. The minimum Gasteiger partial charge on any atom is -0.508 e. The molecule has 4 rings (SSSR count). The summed E-state index contributed by atoms with van der Waals surface area (Å²) in [4.78, 5) is 0. The molecule has 0 bridgehead atoms. The molecule has 37 heavy (non-hydrogen) atoms. The molecular formula is C34H58NO2+. The maximum absolute atomic E-state index is 12.2. The molecule has 3 aliphatic carbocycles. The Bertz CT molecular complexity index is 855. The summed E-state index contributed by atoms with van der Waals surface area (Å²) < 4.78 is 1.21. The fraction of sp³-hybridized carbons (Fsp3) is 0.824. The maximum atomic E-state index is 12.2. The molecule has 0 amide bonds. The summed E-state index contributed by atoms with van der Waals surface area (Å²) in [7, 11) is 2.50. The topological polar surface area (TPSA) is 40.5 Å². The lowest BCUT2D eigenvalue weighted by Crippen LogP contribution is -2.52. The predicted molar refractivity (Wildman–Crippen MR) is 156 cm³/mol. The average molecular weight is 513 g/mol. The van der Waals surface area contributed by atoms with Crippen molar-refractivity contribution in [1.82, 2.24) is 0 Å². The molecule has 1 aromatic carbocycles. The molecule has 0 spiro atoms. The number of fused-ring (bicyclic) bond motifs is 5. The van der Waals surface area contributed by atoms with Crippen LogP contribution in [0.25, 0.3) is 0 Å². The van der Waals surface area contributed by atoms with E-state index in [0.717, 1.165) is 32.1 Å². The van der Waals surface area contributed by atoms with Gasteiger partial charge in [-0.1, -0.05) is 52.5 Å². The second-order valence-electron chi connectivity index (χ2n) is 13.8. The molecule has 2 fully saturated rings. The summed E-state index contributed by atoms with van der Waals surface area (Å²) >= 11 is 0. The van der Waals surface area contributed by atoms with Gasteiger partial charge in [-0.15, -0.1) is 0 Å². The monoisotopic (exact) mass is 512 g/mol. The zero-order valence-electron chi connectivity index (χ0n) is 24.7. The van der Waals surface area contributed by atoms with Crippen LogP contribution in [0.3, 0.4) is 0 Å². The molecule has 0 heterocycles. The molecule has 0 aromatic heterocycles. The van der Waals surface area contributed by atoms with E-state index in [9.17, 15) is 10.2 Å². The second kappa shape index (κ2) is 12.4. The van der Waals surface area contributed by atoms with Crippen LogP contribution < -0.4 is 0 Å². The van der Waals surface area contributed by atoms with Crippen molar-refractivity contribution in [2.75, 3.05) is 26.7 Å². The molecule has 0 saturated heterocycles. The van der Waals surface area contributed by atoms with Gasteiger partial charge in [-0.3, -0.25) is 0 Å². The molecular weight excluding hydrogens is 454 g/mol. The Morgan fingerprint density at radius 3 is 2.22 bits per heavy atom. The largest absolute Gasteiger partial charge is 0.508 e. The Morgan fingerprint density at radius 2 is 1.54 bits per heavy atom. The standard InChI is InChI=1S/C34H57NO2/c1-5-7-9-11-23-35(4,24-12-10-8-6-2)25-13-20-34(37)22-19-32-31-16-14-27-26-28(36)15-17-29(27)30(31)18-21-33(32,34)3/h15,17,26,30-32,37H,5-14,16,18-25H2,1-4H3/p+1/t30-,31-,32+,33+,34+/m1/s1. The Kier molecular flexibility index (Phi) is 9.71. The Balaban J connectivity index is 1.38. The van der Waals surface area contributed by atoms with Crippen LogP contribution in [0, 0.1) is 17.3 Å². The Labute approximate surface area is 228 Å². The summed E-state index contributed by atoms with van der Waals surface area (Å²) in [5.41, 5.74) is 2.43. The van der Waals surface area contributed by atoms with Crippen molar-refractivity contribution in [1.29, 1.82) is 0 Å². The van der Waals surface area contributed by atoms with Crippen LogP contribution >= 0.6 is 0 Å². The summed E-state index contributed by atoms with van der Waals surface area (Å²) in [5, 5.41) is 22.2. The smallest absolute Gasteiger partial charge is 0.115 e. The first-order chi connectivity index (χ1) is 17.8. The summed E-state index contributed by atoms with van der Waals surface area (Å²) in [5.74, 6) is 2.37. The van der Waals surface area contributed by atoms with Crippen molar-refractivity contribution in [2.45, 2.75) is 135 Å². The number of rotatable bonds is 14. The summed E-state index contributed by atoms with van der Waals surface area (Å²) in [6.45, 7) is 10.9. The van der Waals surface area contributed by atoms with Gasteiger partial charge in [0.15, 0.2) is 0 Å². The van der Waals surface area contributed by atoms with Crippen LogP contribution in [0.4, 0.5) is 0 Å². The zero-order valence-corrected chi connectivity index (χ0v) is 24.7. The molecule has 1 aromatic rings. The van der Waals surface area contributed by atoms with E-state index in [1.807, 2.05) is 12.1 Å². The molecule has 0 aliphatic heterocycles. The highest BCUT2D eigenvalue weighted by atomic mass is 16.3. The number of aromatic hydroxyl groups is 1. The normalized spacial score (nSPS) is 31.1. The number of quaternary nitrogens is 1. The van der Waals surface area contributed by atoms with Gasteiger partial charge in [0, 0.05) is 0 Å². The van der Waals surface area contributed by atoms with Gasteiger partial charge < -0.3 is 14.7 Å². The van der Waals surface area contributed by atoms with Crippen LogP contribution in [0.5, 0.6) is 5.75 Å². The molecule has 2 saturated carbocycles. The number of hydrogen-bond acceptors (Lipinski definition) is 2. The van der Waals surface area contributed by atoms with E-state index in [1.165, 1.54) is 106 Å². The fourth-order valence-corrected chi connectivity index (χ4v) is 9.02. The third kappa shape index (κ3) is 6.24. The van der Waals surface area contributed by atoms with Crippen LogP contribution in [0.2, 0.25) is 0 Å². The first-order valence-electron chi connectivity index (χ1n) is 16.1. The van der Waals surface area contributed by atoms with E-state index in [-0.39, 0.29) is 5.41 Å². The molecule has 210 valence electrons. The Morgan fingerprint density at radius 1 is 0.865 bits per heavy atom. The van der Waals surface area contributed by atoms with Gasteiger partial charge in [-0.05, 0) is 123 Å². The lowest BCUT2D eigenvalue weighted by Gasteiger charge is -2.53. The number of phenols is 1. The molecule has 0 unspecified atom stereocenters. The molecule has 3 heteroatoms. The quantitative estimate of drug-likeness (QED) is 0.194. The van der Waals surface area contributed by atoms with Gasteiger partial charge in [0.25, 0.3) is 0 Å². The average Bonchev–Trinajstić information content (AvgIpc) is 3.15. The number of benzene rings is 1. The second-order valence-corrected chi connectivity index (χ2v) is 13.8. The first-order valence-corrected chi connectivity index (χ1v) is 16.1. The van der Waals surface area contributed by atoms with Crippen molar-refractivity contribution in [3.8, 4) is 5.75 Å². The predicted octanol–water partition coefficient (Wildman–Crippen LogP) is 8.37. The highest BCUT2D eigenvalue weighted by molar-refractivity contribution is 5.40. The van der Waals surface area contributed by atoms with E-state index < -0.39 is 5.60 Å². The highest BCUT2D eigenvalue weighted by Crippen LogP contribution is 2.65. The van der Waals surface area contributed by atoms with Crippen molar-refractivity contribution in [2.24, 2.45) is 17.3 Å². The number of aryl methyl sites for hydroxylation is 1. The van der Waals surface area contributed by atoms with Crippen molar-refractivity contribution >= 4 is 0 Å². The van der Waals surface area contributed by atoms with Gasteiger partial charge in [0.2, 0.25) is 0 Å². The zero-order chi connectivity index (χ0) is 26.5. The lowest BCUT2D eigenvalue weighted by molar-refractivity contribution is -0.910. The van der Waals surface area contributed by atoms with Crippen LogP contribution in [0.1, 0.15) is 134 Å². The fourth-order valence-electron chi connectivity index (χ4n) is 9.02. The molecule has 2 N–H and O–H groups in total. The van der Waals surface area contributed by atoms with Gasteiger partial charge in [0.05, 0.1) is 32.3 Å². The van der Waals surface area contributed by atoms with Crippen molar-refractivity contribution in [3.63, 3.8) is 0 Å². The minimum atomic E-state index is -0.493. The SMILES string of the molecule is CCCCCC[N+](C)(CCCCCC)CCC[C@]1(O)CC[C@H]2[C@@H]3CCc4cc(O)ccc4[C@H]3CC[C@@]21C.